The molecule has 2 aromatic carbocycles. The maximum atomic E-state index is 13.0. The second-order valence-electron chi connectivity index (χ2n) is 9.22. The molecule has 4 rings (SSSR count). The highest BCUT2D eigenvalue weighted by Gasteiger charge is 2.47. The van der Waals surface area contributed by atoms with Crippen molar-refractivity contribution in [2.24, 2.45) is 5.92 Å². The number of hydrogen-bond donors (Lipinski definition) is 2. The zero-order valence-electron chi connectivity index (χ0n) is 19.2. The summed E-state index contributed by atoms with van der Waals surface area (Å²) >= 11 is 0. The van der Waals surface area contributed by atoms with Crippen molar-refractivity contribution in [1.29, 1.82) is 0 Å². The Labute approximate surface area is 193 Å². The minimum Gasteiger partial charge on any atom is -0.480 e. The molecule has 1 fully saturated rings. The molecule has 3 atom stereocenters. The fraction of sp³-hybridized carbons (Fsp3) is 0.423. The molecule has 2 aromatic rings. The highest BCUT2D eigenvalue weighted by molar-refractivity contribution is 5.89. The smallest absolute Gasteiger partial charge is 0.407 e. The van der Waals surface area contributed by atoms with Crippen molar-refractivity contribution < 1.29 is 24.2 Å². The summed E-state index contributed by atoms with van der Waals surface area (Å²) < 4.78 is 5.58. The summed E-state index contributed by atoms with van der Waals surface area (Å²) in [6.45, 7) is 5.62. The third-order valence-electron chi connectivity index (χ3n) is 7.20. The van der Waals surface area contributed by atoms with Crippen molar-refractivity contribution >= 4 is 18.0 Å². The summed E-state index contributed by atoms with van der Waals surface area (Å²) in [5.74, 6) is -1.90. The minimum absolute atomic E-state index is 0.0432. The standard InChI is InChI=1S/C26H30N2O5/c1-16(23(29)28-14-8-13-26(28,3)24(30)31)17(2)27-25(32)33-15-22-20-11-6-4-9-18(20)19-10-5-7-12-21(19)22/h4-7,9-12,16-17,22H,8,13-15H2,1-3H3,(H,27,32)(H,30,31)/t16?,17?,26-/m0/s1. The molecule has 0 bridgehead atoms. The molecule has 0 saturated carbocycles. The Hall–Kier alpha value is -3.35. The van der Waals surface area contributed by atoms with Gasteiger partial charge in [0, 0.05) is 18.5 Å². The van der Waals surface area contributed by atoms with Gasteiger partial charge in [0.25, 0.3) is 0 Å². The molecule has 2 unspecified atom stereocenters. The van der Waals surface area contributed by atoms with Crippen molar-refractivity contribution in [3.05, 3.63) is 59.7 Å². The number of carboxylic acids is 1. The van der Waals surface area contributed by atoms with Gasteiger partial charge in [0.15, 0.2) is 0 Å². The first kappa shape index (κ1) is 22.8. The number of rotatable bonds is 6. The summed E-state index contributed by atoms with van der Waals surface area (Å²) in [5, 5.41) is 12.3. The molecule has 1 aliphatic heterocycles. The summed E-state index contributed by atoms with van der Waals surface area (Å²) in [6, 6.07) is 15.7. The number of hydrogen-bond acceptors (Lipinski definition) is 4. The van der Waals surface area contributed by atoms with E-state index in [0.29, 0.717) is 19.4 Å². The summed E-state index contributed by atoms with van der Waals surface area (Å²) in [6.07, 6.45) is 0.483. The lowest BCUT2D eigenvalue weighted by Crippen LogP contribution is -2.54. The first-order valence-electron chi connectivity index (χ1n) is 11.4. The van der Waals surface area contributed by atoms with Gasteiger partial charge in [0.1, 0.15) is 12.1 Å². The third-order valence-corrected chi connectivity index (χ3v) is 7.20. The molecule has 0 radical (unpaired) electrons. The highest BCUT2D eigenvalue weighted by Crippen LogP contribution is 2.44. The van der Waals surface area contributed by atoms with Gasteiger partial charge < -0.3 is 20.1 Å². The molecular formula is C26H30N2O5. The van der Waals surface area contributed by atoms with Crippen LogP contribution in [0.5, 0.6) is 0 Å². The third kappa shape index (κ3) is 4.08. The van der Waals surface area contributed by atoms with Crippen LogP contribution in [0.2, 0.25) is 0 Å². The first-order chi connectivity index (χ1) is 15.7. The van der Waals surface area contributed by atoms with Gasteiger partial charge in [0.05, 0.1) is 5.92 Å². The molecule has 0 spiro atoms. The zero-order valence-corrected chi connectivity index (χ0v) is 19.2. The number of fused-ring (bicyclic) bond motifs is 3. The molecule has 2 amide bonds. The molecule has 174 valence electrons. The van der Waals surface area contributed by atoms with Crippen LogP contribution in [-0.4, -0.2) is 52.7 Å². The second-order valence-corrected chi connectivity index (χ2v) is 9.22. The fourth-order valence-corrected chi connectivity index (χ4v) is 4.95. The van der Waals surface area contributed by atoms with E-state index in [-0.39, 0.29) is 18.4 Å². The number of nitrogens with one attached hydrogen (secondary N) is 1. The number of alkyl carbamates (subject to hydrolysis) is 1. The van der Waals surface area contributed by atoms with E-state index < -0.39 is 29.6 Å². The fourth-order valence-electron chi connectivity index (χ4n) is 4.95. The van der Waals surface area contributed by atoms with Crippen LogP contribution >= 0.6 is 0 Å². The molecular weight excluding hydrogens is 420 g/mol. The number of amides is 2. The number of benzene rings is 2. The number of aliphatic carboxylic acids is 1. The van der Waals surface area contributed by atoms with Gasteiger partial charge in [0.2, 0.25) is 5.91 Å². The number of carbonyl (C=O) groups is 3. The summed E-state index contributed by atoms with van der Waals surface area (Å²) in [4.78, 5) is 38.7. The predicted octanol–water partition coefficient (Wildman–Crippen LogP) is 4.02. The Morgan fingerprint density at radius 3 is 2.24 bits per heavy atom. The number of nitrogens with zero attached hydrogens (tertiary/aromatic N) is 1. The second kappa shape index (κ2) is 8.89. The van der Waals surface area contributed by atoms with E-state index in [1.165, 1.54) is 4.90 Å². The zero-order chi connectivity index (χ0) is 23.8. The Bertz CT molecular complexity index is 1040. The van der Waals surface area contributed by atoms with E-state index in [9.17, 15) is 19.5 Å². The monoisotopic (exact) mass is 450 g/mol. The minimum atomic E-state index is -1.20. The van der Waals surface area contributed by atoms with Crippen LogP contribution in [0.25, 0.3) is 11.1 Å². The van der Waals surface area contributed by atoms with Gasteiger partial charge in [-0.15, -0.1) is 0 Å². The van der Waals surface area contributed by atoms with E-state index >= 15 is 0 Å². The topological polar surface area (TPSA) is 95.9 Å². The molecule has 2 N–H and O–H groups in total. The van der Waals surface area contributed by atoms with Crippen molar-refractivity contribution in [2.45, 2.75) is 51.1 Å². The van der Waals surface area contributed by atoms with Gasteiger partial charge in [-0.1, -0.05) is 55.5 Å². The molecule has 7 heteroatoms. The highest BCUT2D eigenvalue weighted by atomic mass is 16.5. The van der Waals surface area contributed by atoms with E-state index in [4.69, 9.17) is 4.74 Å². The normalized spacial score (nSPS) is 21.1. The summed E-state index contributed by atoms with van der Waals surface area (Å²) in [5.41, 5.74) is 3.37. The van der Waals surface area contributed by atoms with Crippen LogP contribution in [0.1, 0.15) is 50.7 Å². The maximum absolute atomic E-state index is 13.0. The Kier molecular flexibility index (Phi) is 6.15. The van der Waals surface area contributed by atoms with Gasteiger partial charge in [-0.25, -0.2) is 9.59 Å². The lowest BCUT2D eigenvalue weighted by molar-refractivity contribution is -0.157. The van der Waals surface area contributed by atoms with Crippen molar-refractivity contribution in [2.75, 3.05) is 13.2 Å². The Morgan fingerprint density at radius 1 is 1.09 bits per heavy atom. The molecule has 2 aliphatic rings. The average molecular weight is 451 g/mol. The van der Waals surface area contributed by atoms with Gasteiger partial charge in [-0.05, 0) is 48.9 Å². The average Bonchev–Trinajstić information content (AvgIpc) is 3.36. The van der Waals surface area contributed by atoms with Crippen LogP contribution in [0.3, 0.4) is 0 Å². The molecule has 33 heavy (non-hydrogen) atoms. The number of carbonyl (C=O) groups excluding carboxylic acids is 2. The van der Waals surface area contributed by atoms with E-state index in [1.54, 1.807) is 20.8 Å². The first-order valence-corrected chi connectivity index (χ1v) is 11.4. The van der Waals surface area contributed by atoms with E-state index in [1.807, 2.05) is 24.3 Å². The molecule has 7 nitrogen and oxygen atoms in total. The quantitative estimate of drug-likeness (QED) is 0.693. The van der Waals surface area contributed by atoms with E-state index in [2.05, 4.69) is 29.6 Å². The van der Waals surface area contributed by atoms with Crippen molar-refractivity contribution in [3.63, 3.8) is 0 Å². The lowest BCUT2D eigenvalue weighted by atomic mass is 9.95. The molecule has 1 saturated heterocycles. The van der Waals surface area contributed by atoms with Crippen LogP contribution in [0.15, 0.2) is 48.5 Å². The predicted molar refractivity (Wildman–Crippen MR) is 124 cm³/mol. The number of likely N-dealkylation sites (tertiary alicyclic amines) is 1. The summed E-state index contributed by atoms with van der Waals surface area (Å²) in [7, 11) is 0. The maximum Gasteiger partial charge on any atom is 0.407 e. The molecule has 0 aromatic heterocycles. The van der Waals surface area contributed by atoms with Crippen LogP contribution in [0.4, 0.5) is 4.79 Å². The van der Waals surface area contributed by atoms with Gasteiger partial charge in [-0.3, -0.25) is 4.79 Å². The molecule has 1 heterocycles. The molecule has 1 aliphatic carbocycles. The SMILES string of the molecule is CC(NC(=O)OCC1c2ccccc2-c2ccccc21)C(C)C(=O)N1CCC[C@@]1(C)C(=O)O. The Morgan fingerprint density at radius 2 is 1.67 bits per heavy atom. The lowest BCUT2D eigenvalue weighted by Gasteiger charge is -2.34. The van der Waals surface area contributed by atoms with Crippen LogP contribution in [0, 0.1) is 5.92 Å². The van der Waals surface area contributed by atoms with Gasteiger partial charge >= 0.3 is 12.1 Å². The van der Waals surface area contributed by atoms with E-state index in [0.717, 1.165) is 22.3 Å². The van der Waals surface area contributed by atoms with Crippen molar-refractivity contribution in [3.8, 4) is 11.1 Å². The number of ether oxygens (including phenoxy) is 1. The number of carboxylic acid groups (broad SMARTS) is 1. The Balaban J connectivity index is 1.37. The van der Waals surface area contributed by atoms with Crippen molar-refractivity contribution in [1.82, 2.24) is 10.2 Å². The van der Waals surface area contributed by atoms with Crippen LogP contribution in [-0.2, 0) is 14.3 Å². The van der Waals surface area contributed by atoms with Gasteiger partial charge in [-0.2, -0.15) is 0 Å². The largest absolute Gasteiger partial charge is 0.480 e. The van der Waals surface area contributed by atoms with Crippen LogP contribution < -0.4 is 5.32 Å².